The van der Waals surface area contributed by atoms with Gasteiger partial charge in [0.15, 0.2) is 0 Å². The van der Waals surface area contributed by atoms with Gasteiger partial charge in [0.05, 0.1) is 19.2 Å². The predicted molar refractivity (Wildman–Crippen MR) is 138 cm³/mol. The second kappa shape index (κ2) is 11.9. The van der Waals surface area contributed by atoms with Crippen molar-refractivity contribution < 1.29 is 14.3 Å². The maximum Gasteiger partial charge on any atom is 0.258 e. The summed E-state index contributed by atoms with van der Waals surface area (Å²) in [6, 6.07) is 15.6. The van der Waals surface area contributed by atoms with E-state index in [0.717, 1.165) is 49.5 Å². The van der Waals surface area contributed by atoms with Crippen molar-refractivity contribution >= 4 is 23.2 Å². The minimum atomic E-state index is -0.0601. The smallest absolute Gasteiger partial charge is 0.258 e. The van der Waals surface area contributed by atoms with E-state index in [9.17, 15) is 9.59 Å². The molecule has 3 rings (SSSR count). The van der Waals surface area contributed by atoms with Gasteiger partial charge in [-0.1, -0.05) is 13.3 Å². The number of amides is 2. The van der Waals surface area contributed by atoms with Crippen LogP contribution in [0.4, 0.5) is 11.4 Å². The molecular weight excluding hydrogens is 428 g/mol. The monoisotopic (exact) mass is 466 g/mol. The van der Waals surface area contributed by atoms with Crippen LogP contribution in [-0.2, 0) is 4.79 Å². The first-order valence-electron chi connectivity index (χ1n) is 12.1. The summed E-state index contributed by atoms with van der Waals surface area (Å²) in [6.45, 7) is 4.97. The average Bonchev–Trinajstić information content (AvgIpc) is 3.33. The molecule has 1 saturated heterocycles. The lowest BCUT2D eigenvalue weighted by Gasteiger charge is -2.27. The summed E-state index contributed by atoms with van der Waals surface area (Å²) < 4.78 is 5.69. The molecule has 1 heterocycles. The van der Waals surface area contributed by atoms with Crippen molar-refractivity contribution in [2.45, 2.75) is 32.2 Å². The number of hydrogen-bond donors (Lipinski definition) is 0. The number of ether oxygens (including phenoxy) is 1. The van der Waals surface area contributed by atoms with Crippen LogP contribution in [0.5, 0.6) is 5.75 Å². The lowest BCUT2D eigenvalue weighted by Crippen LogP contribution is -2.43. The average molecular weight is 467 g/mol. The summed E-state index contributed by atoms with van der Waals surface area (Å²) in [6.07, 6.45) is 3.06. The third-order valence-corrected chi connectivity index (χ3v) is 6.33. The highest BCUT2D eigenvalue weighted by Crippen LogP contribution is 2.26. The van der Waals surface area contributed by atoms with Gasteiger partial charge in [0.25, 0.3) is 5.91 Å². The second-order valence-corrected chi connectivity index (χ2v) is 9.24. The fourth-order valence-corrected chi connectivity index (χ4v) is 4.10. The maximum absolute atomic E-state index is 12.9. The van der Waals surface area contributed by atoms with Gasteiger partial charge in [0.2, 0.25) is 5.91 Å². The molecule has 1 aliphatic heterocycles. The molecule has 0 saturated carbocycles. The van der Waals surface area contributed by atoms with Gasteiger partial charge in [-0.25, -0.2) is 0 Å². The minimum Gasteiger partial charge on any atom is -0.494 e. The first kappa shape index (κ1) is 25.6. The minimum absolute atomic E-state index is 0.0601. The Labute approximate surface area is 203 Å². The number of unbranched alkanes of at least 4 members (excludes halogenated alkanes) is 1. The van der Waals surface area contributed by atoms with Crippen LogP contribution in [0.15, 0.2) is 48.5 Å². The summed E-state index contributed by atoms with van der Waals surface area (Å²) >= 11 is 0. The van der Waals surface area contributed by atoms with Crippen LogP contribution >= 0.6 is 0 Å². The van der Waals surface area contributed by atoms with E-state index < -0.39 is 0 Å². The van der Waals surface area contributed by atoms with Gasteiger partial charge in [-0.05, 0) is 75.5 Å². The second-order valence-electron chi connectivity index (χ2n) is 9.24. The summed E-state index contributed by atoms with van der Waals surface area (Å²) in [5.41, 5.74) is 2.57. The highest BCUT2D eigenvalue weighted by Gasteiger charge is 2.28. The van der Waals surface area contributed by atoms with Crippen molar-refractivity contribution in [2.24, 2.45) is 0 Å². The molecule has 34 heavy (non-hydrogen) atoms. The molecule has 2 aromatic rings. The van der Waals surface area contributed by atoms with Crippen molar-refractivity contribution in [2.75, 3.05) is 64.2 Å². The molecule has 0 aromatic heterocycles. The highest BCUT2D eigenvalue weighted by atomic mass is 16.5. The Morgan fingerprint density at radius 3 is 2.29 bits per heavy atom. The summed E-state index contributed by atoms with van der Waals surface area (Å²) in [5.74, 6) is 0.873. The lowest BCUT2D eigenvalue weighted by atomic mass is 10.1. The molecule has 2 aromatic carbocycles. The molecular formula is C27H38N4O3. The van der Waals surface area contributed by atoms with Crippen LogP contribution in [0.3, 0.4) is 0 Å². The van der Waals surface area contributed by atoms with Crippen LogP contribution in [-0.4, -0.2) is 82.1 Å². The van der Waals surface area contributed by atoms with Crippen molar-refractivity contribution in [1.29, 1.82) is 0 Å². The van der Waals surface area contributed by atoms with Gasteiger partial charge in [0, 0.05) is 44.1 Å². The maximum atomic E-state index is 12.9. The van der Waals surface area contributed by atoms with Crippen molar-refractivity contribution in [3.8, 4) is 5.75 Å². The van der Waals surface area contributed by atoms with Gasteiger partial charge >= 0.3 is 0 Å². The van der Waals surface area contributed by atoms with Gasteiger partial charge in [-0.2, -0.15) is 0 Å². The molecule has 2 amide bonds. The fourth-order valence-electron chi connectivity index (χ4n) is 4.10. The molecule has 0 radical (unpaired) electrons. The third kappa shape index (κ3) is 6.50. The van der Waals surface area contributed by atoms with Crippen molar-refractivity contribution in [3.05, 3.63) is 54.1 Å². The Morgan fingerprint density at radius 1 is 1.00 bits per heavy atom. The van der Waals surface area contributed by atoms with E-state index in [1.54, 1.807) is 11.9 Å². The molecule has 1 atom stereocenters. The normalized spacial score (nSPS) is 15.5. The number of anilines is 2. The molecule has 0 bridgehead atoms. The third-order valence-electron chi connectivity index (χ3n) is 6.33. The first-order valence-corrected chi connectivity index (χ1v) is 12.1. The van der Waals surface area contributed by atoms with Crippen molar-refractivity contribution in [3.63, 3.8) is 0 Å². The van der Waals surface area contributed by atoms with E-state index in [0.29, 0.717) is 18.7 Å². The van der Waals surface area contributed by atoms with E-state index in [4.69, 9.17) is 4.74 Å². The van der Waals surface area contributed by atoms with Crippen LogP contribution in [0.25, 0.3) is 0 Å². The molecule has 1 aliphatic rings. The SMILES string of the molecule is CCCCOc1ccc(C(=O)N(C)c2ccc(N3CCC(N(C)C(=O)CN(C)C)C3)cc2)cc1. The number of rotatable bonds is 10. The Kier molecular flexibility index (Phi) is 8.93. The number of benzene rings is 2. The van der Waals surface area contributed by atoms with Gasteiger partial charge in [0.1, 0.15) is 5.75 Å². The Bertz CT molecular complexity index is 943. The lowest BCUT2D eigenvalue weighted by molar-refractivity contribution is -0.132. The number of nitrogens with zero attached hydrogens (tertiary/aromatic N) is 4. The van der Waals surface area contributed by atoms with Crippen LogP contribution in [0.1, 0.15) is 36.5 Å². The molecule has 7 heteroatoms. The van der Waals surface area contributed by atoms with Gasteiger partial charge < -0.3 is 24.3 Å². The number of carbonyl (C=O) groups excluding carboxylic acids is 2. The van der Waals surface area contributed by atoms with Crippen molar-refractivity contribution in [1.82, 2.24) is 9.80 Å². The van der Waals surface area contributed by atoms with E-state index in [1.165, 1.54) is 0 Å². The first-order chi connectivity index (χ1) is 16.3. The van der Waals surface area contributed by atoms with E-state index in [-0.39, 0.29) is 17.9 Å². The van der Waals surface area contributed by atoms with E-state index >= 15 is 0 Å². The zero-order valence-corrected chi connectivity index (χ0v) is 21.2. The van der Waals surface area contributed by atoms with Gasteiger partial charge in [-0.3, -0.25) is 9.59 Å². The zero-order valence-electron chi connectivity index (χ0n) is 21.2. The van der Waals surface area contributed by atoms with Gasteiger partial charge in [-0.15, -0.1) is 0 Å². The quantitative estimate of drug-likeness (QED) is 0.500. The molecule has 0 spiro atoms. The fraction of sp³-hybridized carbons (Fsp3) is 0.481. The van der Waals surface area contributed by atoms with Crippen LogP contribution < -0.4 is 14.5 Å². The van der Waals surface area contributed by atoms with Crippen LogP contribution in [0, 0.1) is 0 Å². The summed E-state index contributed by atoms with van der Waals surface area (Å²) in [7, 11) is 7.51. The highest BCUT2D eigenvalue weighted by molar-refractivity contribution is 6.05. The standard InChI is InChI=1S/C27H38N4O3/c1-6-7-18-34-25-14-8-21(9-15-25)27(33)30(5)22-10-12-23(13-11-22)31-17-16-24(19-31)29(4)26(32)20-28(2)3/h8-15,24H,6-7,16-20H2,1-5H3. The molecule has 0 aliphatic carbocycles. The summed E-state index contributed by atoms with van der Waals surface area (Å²) in [4.78, 5) is 33.1. The molecule has 184 valence electrons. The number of hydrogen-bond acceptors (Lipinski definition) is 5. The largest absolute Gasteiger partial charge is 0.494 e. The Balaban J connectivity index is 1.57. The number of carbonyl (C=O) groups is 2. The Morgan fingerprint density at radius 2 is 1.68 bits per heavy atom. The van der Waals surface area contributed by atoms with E-state index in [2.05, 4.69) is 11.8 Å². The van der Waals surface area contributed by atoms with E-state index in [1.807, 2.05) is 79.5 Å². The molecule has 1 unspecified atom stereocenters. The topological polar surface area (TPSA) is 56.3 Å². The molecule has 1 fully saturated rings. The molecule has 7 nitrogen and oxygen atoms in total. The summed E-state index contributed by atoms with van der Waals surface area (Å²) in [5, 5.41) is 0. The Hall–Kier alpha value is -3.06. The van der Waals surface area contributed by atoms with Crippen LogP contribution in [0.2, 0.25) is 0 Å². The zero-order chi connectivity index (χ0) is 24.7. The molecule has 0 N–H and O–H groups in total. The predicted octanol–water partition coefficient (Wildman–Crippen LogP) is 3.74. The number of likely N-dealkylation sites (N-methyl/N-ethyl adjacent to an activating group) is 2.